The highest BCUT2D eigenvalue weighted by Crippen LogP contribution is 2.25. The van der Waals surface area contributed by atoms with Crippen molar-refractivity contribution in [1.82, 2.24) is 19.2 Å². The molecule has 2 heterocycles. The number of hydrogen-bond acceptors (Lipinski definition) is 6. The number of aromatic nitrogens is 2. The Labute approximate surface area is 190 Å². The molecule has 0 spiro atoms. The van der Waals surface area contributed by atoms with Crippen LogP contribution in [0, 0.1) is 12.7 Å². The molecule has 2 aromatic carbocycles. The van der Waals surface area contributed by atoms with Gasteiger partial charge in [0, 0.05) is 18.7 Å². The SMILES string of the molecule is Cc1ccc(-c2nc(-c3ccc(CC(NS(=O)(=O)N4CCCC4)C(=O)O)cc3F)no2)cc1. The first-order valence-corrected chi connectivity index (χ1v) is 11.9. The third-order valence-corrected chi connectivity index (χ3v) is 7.06. The average molecular weight is 475 g/mol. The van der Waals surface area contributed by atoms with Gasteiger partial charge in [0.15, 0.2) is 0 Å². The van der Waals surface area contributed by atoms with Crippen LogP contribution < -0.4 is 4.72 Å². The molecule has 0 saturated carbocycles. The van der Waals surface area contributed by atoms with Gasteiger partial charge in [0.2, 0.25) is 5.82 Å². The normalized spacial score (nSPS) is 15.6. The molecular weight excluding hydrogens is 451 g/mol. The Morgan fingerprint density at radius 3 is 2.55 bits per heavy atom. The van der Waals surface area contributed by atoms with Crippen LogP contribution in [0.1, 0.15) is 24.0 Å². The third kappa shape index (κ3) is 5.27. The molecule has 3 aromatic rings. The highest BCUT2D eigenvalue weighted by Gasteiger charge is 2.31. The molecule has 4 rings (SSSR count). The van der Waals surface area contributed by atoms with Crippen LogP contribution in [-0.4, -0.2) is 53.1 Å². The van der Waals surface area contributed by atoms with Gasteiger partial charge < -0.3 is 9.63 Å². The summed E-state index contributed by atoms with van der Waals surface area (Å²) in [4.78, 5) is 15.9. The van der Waals surface area contributed by atoms with Gasteiger partial charge in [-0.3, -0.25) is 4.79 Å². The lowest BCUT2D eigenvalue weighted by atomic mass is 10.0. The van der Waals surface area contributed by atoms with Crippen LogP contribution in [0.4, 0.5) is 4.39 Å². The number of rotatable bonds is 8. The van der Waals surface area contributed by atoms with Crippen LogP contribution >= 0.6 is 0 Å². The van der Waals surface area contributed by atoms with E-state index in [1.54, 1.807) is 0 Å². The van der Waals surface area contributed by atoms with Crippen molar-refractivity contribution in [3.63, 3.8) is 0 Å². The van der Waals surface area contributed by atoms with Gasteiger partial charge in [0.05, 0.1) is 5.56 Å². The van der Waals surface area contributed by atoms with Crippen molar-refractivity contribution >= 4 is 16.2 Å². The molecule has 0 bridgehead atoms. The van der Waals surface area contributed by atoms with Crippen molar-refractivity contribution in [3.8, 4) is 22.8 Å². The second kappa shape index (κ2) is 9.38. The van der Waals surface area contributed by atoms with E-state index in [0.717, 1.165) is 24.5 Å². The van der Waals surface area contributed by atoms with E-state index in [4.69, 9.17) is 4.52 Å². The maximum absolute atomic E-state index is 14.8. The van der Waals surface area contributed by atoms with E-state index < -0.39 is 28.0 Å². The fourth-order valence-electron chi connectivity index (χ4n) is 3.61. The summed E-state index contributed by atoms with van der Waals surface area (Å²) in [5, 5.41) is 13.3. The zero-order valence-corrected chi connectivity index (χ0v) is 18.7. The van der Waals surface area contributed by atoms with E-state index in [2.05, 4.69) is 14.9 Å². The lowest BCUT2D eigenvalue weighted by Crippen LogP contribution is -2.48. The number of carboxylic acid groups (broad SMARTS) is 1. The summed E-state index contributed by atoms with van der Waals surface area (Å²) in [5.74, 6) is -1.71. The second-order valence-electron chi connectivity index (χ2n) is 7.93. The zero-order valence-electron chi connectivity index (χ0n) is 17.9. The zero-order chi connectivity index (χ0) is 23.6. The minimum Gasteiger partial charge on any atom is -0.480 e. The lowest BCUT2D eigenvalue weighted by Gasteiger charge is -2.20. The Bertz CT molecular complexity index is 1250. The minimum atomic E-state index is -3.94. The molecule has 9 nitrogen and oxygen atoms in total. The van der Waals surface area contributed by atoms with Crippen molar-refractivity contribution in [1.29, 1.82) is 0 Å². The van der Waals surface area contributed by atoms with Gasteiger partial charge >= 0.3 is 5.97 Å². The largest absolute Gasteiger partial charge is 0.480 e. The summed E-state index contributed by atoms with van der Waals surface area (Å²) in [7, 11) is -3.94. The van der Waals surface area contributed by atoms with Crippen LogP contribution in [0.15, 0.2) is 47.0 Å². The predicted octanol–water partition coefficient (Wildman–Crippen LogP) is 2.78. The van der Waals surface area contributed by atoms with Gasteiger partial charge in [-0.15, -0.1) is 0 Å². The van der Waals surface area contributed by atoms with Gasteiger partial charge in [-0.2, -0.15) is 22.4 Å². The molecule has 1 unspecified atom stereocenters. The van der Waals surface area contributed by atoms with Gasteiger partial charge in [-0.05, 0) is 56.0 Å². The van der Waals surface area contributed by atoms with Crippen molar-refractivity contribution in [2.75, 3.05) is 13.1 Å². The first kappa shape index (κ1) is 23.0. The van der Waals surface area contributed by atoms with Gasteiger partial charge in [0.25, 0.3) is 16.1 Å². The Hall–Kier alpha value is -3.15. The standard InChI is InChI=1S/C22H23FN4O5S/c1-14-4-7-16(8-5-14)21-24-20(25-32-21)17-9-6-15(12-18(17)23)13-19(22(28)29)26-33(30,31)27-10-2-3-11-27/h4-9,12,19,26H,2-3,10-11,13H2,1H3,(H,28,29). The average Bonchev–Trinajstić information content (AvgIpc) is 3.47. The smallest absolute Gasteiger partial charge is 0.322 e. The Kier molecular flexibility index (Phi) is 6.54. The van der Waals surface area contributed by atoms with E-state index in [-0.39, 0.29) is 23.7 Å². The Morgan fingerprint density at radius 2 is 1.91 bits per heavy atom. The summed E-state index contributed by atoms with van der Waals surface area (Å²) < 4.78 is 48.4. The van der Waals surface area contributed by atoms with E-state index in [1.807, 2.05) is 31.2 Å². The number of benzene rings is 2. The van der Waals surface area contributed by atoms with Crippen LogP contribution in [0.3, 0.4) is 0 Å². The van der Waals surface area contributed by atoms with Crippen LogP contribution in [0.5, 0.6) is 0 Å². The molecule has 1 aliphatic heterocycles. The number of aryl methyl sites for hydroxylation is 1. The summed E-state index contributed by atoms with van der Waals surface area (Å²) in [6.45, 7) is 2.65. The summed E-state index contributed by atoms with van der Waals surface area (Å²) in [6.07, 6.45) is 1.24. The molecule has 0 radical (unpaired) electrons. The van der Waals surface area contributed by atoms with E-state index in [1.165, 1.54) is 16.4 Å². The molecule has 11 heteroatoms. The summed E-state index contributed by atoms with van der Waals surface area (Å²) in [5.41, 5.74) is 2.17. The molecule has 1 atom stereocenters. The number of carbonyl (C=O) groups is 1. The first-order valence-electron chi connectivity index (χ1n) is 10.4. The van der Waals surface area contributed by atoms with Crippen LogP contribution in [0.25, 0.3) is 22.8 Å². The summed E-state index contributed by atoms with van der Waals surface area (Å²) >= 11 is 0. The molecule has 33 heavy (non-hydrogen) atoms. The molecule has 1 saturated heterocycles. The number of nitrogens with zero attached hydrogens (tertiary/aromatic N) is 3. The number of nitrogens with one attached hydrogen (secondary N) is 1. The number of halogens is 1. The van der Waals surface area contributed by atoms with E-state index in [9.17, 15) is 22.7 Å². The molecule has 1 aliphatic rings. The monoisotopic (exact) mass is 474 g/mol. The quantitative estimate of drug-likeness (QED) is 0.514. The highest BCUT2D eigenvalue weighted by molar-refractivity contribution is 7.87. The van der Waals surface area contributed by atoms with Crippen molar-refractivity contribution in [2.24, 2.45) is 0 Å². The topological polar surface area (TPSA) is 126 Å². The van der Waals surface area contributed by atoms with E-state index >= 15 is 0 Å². The number of hydrogen-bond donors (Lipinski definition) is 2. The van der Waals surface area contributed by atoms with Gasteiger partial charge in [-0.25, -0.2) is 4.39 Å². The third-order valence-electron chi connectivity index (χ3n) is 5.43. The molecule has 174 valence electrons. The minimum absolute atomic E-state index is 0.0548. The van der Waals surface area contributed by atoms with Crippen LogP contribution in [0.2, 0.25) is 0 Å². The van der Waals surface area contributed by atoms with Crippen molar-refractivity contribution < 1.29 is 27.2 Å². The summed E-state index contributed by atoms with van der Waals surface area (Å²) in [6, 6.07) is 10.1. The Balaban J connectivity index is 1.51. The fraction of sp³-hybridized carbons (Fsp3) is 0.318. The predicted molar refractivity (Wildman–Crippen MR) is 118 cm³/mol. The van der Waals surface area contributed by atoms with Crippen molar-refractivity contribution in [2.45, 2.75) is 32.2 Å². The number of carboxylic acids is 1. The first-order chi connectivity index (χ1) is 15.7. The van der Waals surface area contributed by atoms with Gasteiger partial charge in [0.1, 0.15) is 11.9 Å². The number of aliphatic carboxylic acids is 1. The van der Waals surface area contributed by atoms with Crippen molar-refractivity contribution in [3.05, 3.63) is 59.4 Å². The Morgan fingerprint density at radius 1 is 1.21 bits per heavy atom. The van der Waals surface area contributed by atoms with Gasteiger partial charge in [-0.1, -0.05) is 28.9 Å². The molecule has 2 N–H and O–H groups in total. The molecule has 0 aliphatic carbocycles. The molecular formula is C22H23FN4O5S. The maximum atomic E-state index is 14.8. The molecule has 1 aromatic heterocycles. The second-order valence-corrected chi connectivity index (χ2v) is 9.63. The lowest BCUT2D eigenvalue weighted by molar-refractivity contribution is -0.138. The molecule has 1 fully saturated rings. The highest BCUT2D eigenvalue weighted by atomic mass is 32.2. The van der Waals surface area contributed by atoms with Crippen LogP contribution in [-0.2, 0) is 21.4 Å². The fourth-order valence-corrected chi connectivity index (χ4v) is 5.04. The molecule has 0 amide bonds. The maximum Gasteiger partial charge on any atom is 0.322 e. The van der Waals surface area contributed by atoms with E-state index in [0.29, 0.717) is 24.2 Å².